The Morgan fingerprint density at radius 1 is 1.26 bits per heavy atom. The van der Waals surface area contributed by atoms with Crippen LogP contribution in [0.25, 0.3) is 0 Å². The van der Waals surface area contributed by atoms with E-state index in [1.807, 2.05) is 36.2 Å². The van der Waals surface area contributed by atoms with Crippen LogP contribution in [-0.4, -0.2) is 45.0 Å². The Hall–Kier alpha value is -1.26. The number of nitrogens with one attached hydrogen (secondary N) is 1. The number of anilines is 1. The van der Waals surface area contributed by atoms with Crippen LogP contribution in [0.3, 0.4) is 0 Å². The molecule has 1 aromatic carbocycles. The van der Waals surface area contributed by atoms with Crippen LogP contribution >= 0.6 is 0 Å². The molecule has 0 aromatic heterocycles. The van der Waals surface area contributed by atoms with Gasteiger partial charge in [-0.15, -0.1) is 0 Å². The minimum absolute atomic E-state index is 0.395. The predicted octanol–water partition coefficient (Wildman–Crippen LogP) is 1.74. The van der Waals surface area contributed by atoms with E-state index in [0.29, 0.717) is 19.0 Å². The van der Waals surface area contributed by atoms with Crippen LogP contribution in [0.5, 0.6) is 5.75 Å². The van der Waals surface area contributed by atoms with Crippen LogP contribution in [0.2, 0.25) is 0 Å². The number of methoxy groups -OCH3 is 1. The molecule has 2 N–H and O–H groups in total. The lowest BCUT2D eigenvalue weighted by Crippen LogP contribution is -2.37. The van der Waals surface area contributed by atoms with Crippen molar-refractivity contribution in [2.45, 2.75) is 20.0 Å². The van der Waals surface area contributed by atoms with Gasteiger partial charge in [0.1, 0.15) is 5.75 Å². The van der Waals surface area contributed by atoms with Gasteiger partial charge < -0.3 is 20.1 Å². The average molecular weight is 266 g/mol. The molecule has 19 heavy (non-hydrogen) atoms. The Bertz CT molecular complexity index is 369. The second-order valence-electron chi connectivity index (χ2n) is 5.26. The van der Waals surface area contributed by atoms with Crippen LogP contribution in [0, 0.1) is 5.92 Å². The molecule has 0 fully saturated rings. The number of likely N-dealkylation sites (N-methyl/N-ethyl adjacent to an activating group) is 1. The summed E-state index contributed by atoms with van der Waals surface area (Å²) in [4.78, 5) is 2.01. The van der Waals surface area contributed by atoms with E-state index in [0.717, 1.165) is 18.0 Å². The molecule has 0 aliphatic heterocycles. The standard InChI is InChI=1S/C15H26N2O2/c1-12(2)9-16-10-13(18)11-17(3)14-7-5-6-8-15(14)19-4/h5-8,12-13,16,18H,9-11H2,1-4H3. The summed E-state index contributed by atoms with van der Waals surface area (Å²) in [5.41, 5.74) is 0.993. The van der Waals surface area contributed by atoms with Gasteiger partial charge in [-0.3, -0.25) is 0 Å². The summed E-state index contributed by atoms with van der Waals surface area (Å²) in [6, 6.07) is 7.83. The van der Waals surface area contributed by atoms with E-state index in [2.05, 4.69) is 19.2 Å². The number of ether oxygens (including phenoxy) is 1. The Morgan fingerprint density at radius 2 is 1.95 bits per heavy atom. The molecule has 1 atom stereocenters. The first kappa shape index (κ1) is 15.8. The zero-order chi connectivity index (χ0) is 14.3. The smallest absolute Gasteiger partial charge is 0.142 e. The predicted molar refractivity (Wildman–Crippen MR) is 80.0 cm³/mol. The van der Waals surface area contributed by atoms with Crippen molar-refractivity contribution in [1.29, 1.82) is 0 Å². The zero-order valence-corrected chi connectivity index (χ0v) is 12.4. The average Bonchev–Trinajstić information content (AvgIpc) is 2.38. The van der Waals surface area contributed by atoms with E-state index >= 15 is 0 Å². The molecule has 1 aromatic rings. The molecule has 1 rings (SSSR count). The molecule has 4 heteroatoms. The summed E-state index contributed by atoms with van der Waals surface area (Å²) >= 11 is 0. The molecule has 0 bridgehead atoms. The minimum Gasteiger partial charge on any atom is -0.495 e. The highest BCUT2D eigenvalue weighted by Crippen LogP contribution is 2.26. The van der Waals surface area contributed by atoms with Gasteiger partial charge in [0.15, 0.2) is 0 Å². The Kier molecular flexibility index (Phi) is 6.67. The van der Waals surface area contributed by atoms with Crippen LogP contribution in [0.1, 0.15) is 13.8 Å². The van der Waals surface area contributed by atoms with Crippen LogP contribution in [-0.2, 0) is 0 Å². The van der Waals surface area contributed by atoms with Crippen molar-refractivity contribution in [3.8, 4) is 5.75 Å². The fourth-order valence-corrected chi connectivity index (χ4v) is 1.96. The lowest BCUT2D eigenvalue weighted by Gasteiger charge is -2.24. The highest BCUT2D eigenvalue weighted by molar-refractivity contribution is 5.57. The van der Waals surface area contributed by atoms with Crippen molar-refractivity contribution in [1.82, 2.24) is 5.32 Å². The summed E-state index contributed by atoms with van der Waals surface area (Å²) in [6.45, 7) is 6.42. The van der Waals surface area contributed by atoms with Crippen LogP contribution in [0.4, 0.5) is 5.69 Å². The molecule has 4 nitrogen and oxygen atoms in total. The first-order chi connectivity index (χ1) is 9.04. The Morgan fingerprint density at radius 3 is 2.58 bits per heavy atom. The third-order valence-electron chi connectivity index (χ3n) is 2.91. The molecular weight excluding hydrogens is 240 g/mol. The Labute approximate surface area is 116 Å². The van der Waals surface area contributed by atoms with Gasteiger partial charge in [-0.05, 0) is 24.6 Å². The maximum atomic E-state index is 10.0. The SMILES string of the molecule is COc1ccccc1N(C)CC(O)CNCC(C)C. The summed E-state index contributed by atoms with van der Waals surface area (Å²) in [5, 5.41) is 13.3. The molecule has 1 unspecified atom stereocenters. The van der Waals surface area contributed by atoms with Crippen molar-refractivity contribution in [2.24, 2.45) is 5.92 Å². The van der Waals surface area contributed by atoms with E-state index in [1.54, 1.807) is 7.11 Å². The largest absolute Gasteiger partial charge is 0.495 e. The lowest BCUT2D eigenvalue weighted by molar-refractivity contribution is 0.176. The molecule has 0 saturated carbocycles. The lowest BCUT2D eigenvalue weighted by atomic mass is 10.2. The highest BCUT2D eigenvalue weighted by Gasteiger charge is 2.12. The summed E-state index contributed by atoms with van der Waals surface area (Å²) in [5.74, 6) is 1.42. The number of nitrogens with zero attached hydrogens (tertiary/aromatic N) is 1. The van der Waals surface area contributed by atoms with E-state index in [4.69, 9.17) is 4.74 Å². The van der Waals surface area contributed by atoms with Crippen molar-refractivity contribution in [3.05, 3.63) is 24.3 Å². The summed E-state index contributed by atoms with van der Waals surface area (Å²) < 4.78 is 5.32. The second-order valence-corrected chi connectivity index (χ2v) is 5.26. The van der Waals surface area contributed by atoms with Gasteiger partial charge >= 0.3 is 0 Å². The Balaban J connectivity index is 2.47. The van der Waals surface area contributed by atoms with Crippen molar-refractivity contribution < 1.29 is 9.84 Å². The number of hydrogen-bond donors (Lipinski definition) is 2. The normalized spacial score (nSPS) is 12.5. The minimum atomic E-state index is -0.395. The van der Waals surface area contributed by atoms with Gasteiger partial charge in [0, 0.05) is 20.1 Å². The number of hydrogen-bond acceptors (Lipinski definition) is 4. The second kappa shape index (κ2) is 8.02. The van der Waals surface area contributed by atoms with Crippen LogP contribution in [0.15, 0.2) is 24.3 Å². The van der Waals surface area contributed by atoms with Gasteiger partial charge in [0.25, 0.3) is 0 Å². The molecule has 0 saturated heterocycles. The molecule has 0 spiro atoms. The molecular formula is C15H26N2O2. The summed E-state index contributed by atoms with van der Waals surface area (Å²) in [6.07, 6.45) is -0.395. The van der Waals surface area contributed by atoms with Crippen molar-refractivity contribution in [2.75, 3.05) is 38.7 Å². The quantitative estimate of drug-likeness (QED) is 0.752. The third kappa shape index (κ3) is 5.49. The maximum Gasteiger partial charge on any atom is 0.142 e. The number of benzene rings is 1. The number of para-hydroxylation sites is 2. The van der Waals surface area contributed by atoms with Gasteiger partial charge in [-0.1, -0.05) is 26.0 Å². The number of aliphatic hydroxyl groups is 1. The molecule has 0 radical (unpaired) electrons. The van der Waals surface area contributed by atoms with Gasteiger partial charge in [0.2, 0.25) is 0 Å². The van der Waals surface area contributed by atoms with Gasteiger partial charge in [-0.2, -0.15) is 0 Å². The highest BCUT2D eigenvalue weighted by atomic mass is 16.5. The first-order valence-corrected chi connectivity index (χ1v) is 6.77. The van der Waals surface area contributed by atoms with E-state index < -0.39 is 6.10 Å². The van der Waals surface area contributed by atoms with E-state index in [9.17, 15) is 5.11 Å². The first-order valence-electron chi connectivity index (χ1n) is 6.77. The van der Waals surface area contributed by atoms with Crippen molar-refractivity contribution in [3.63, 3.8) is 0 Å². The fourth-order valence-electron chi connectivity index (χ4n) is 1.96. The van der Waals surface area contributed by atoms with E-state index in [-0.39, 0.29) is 0 Å². The zero-order valence-electron chi connectivity index (χ0n) is 12.4. The maximum absolute atomic E-state index is 10.0. The number of aliphatic hydroxyl groups excluding tert-OH is 1. The monoisotopic (exact) mass is 266 g/mol. The molecule has 0 aliphatic carbocycles. The van der Waals surface area contributed by atoms with Crippen molar-refractivity contribution >= 4 is 5.69 Å². The molecule has 108 valence electrons. The fraction of sp³-hybridized carbons (Fsp3) is 0.600. The molecule has 0 amide bonds. The van der Waals surface area contributed by atoms with Gasteiger partial charge in [-0.25, -0.2) is 0 Å². The van der Waals surface area contributed by atoms with E-state index in [1.165, 1.54) is 0 Å². The topological polar surface area (TPSA) is 44.7 Å². The number of rotatable bonds is 8. The third-order valence-corrected chi connectivity index (χ3v) is 2.91. The van der Waals surface area contributed by atoms with Crippen LogP contribution < -0.4 is 15.0 Å². The van der Waals surface area contributed by atoms with Gasteiger partial charge in [0.05, 0.1) is 18.9 Å². The molecule has 0 aliphatic rings. The molecule has 0 heterocycles. The summed E-state index contributed by atoms with van der Waals surface area (Å²) in [7, 11) is 3.62.